The van der Waals surface area contributed by atoms with Crippen molar-refractivity contribution in [3.8, 4) is 0 Å². The minimum atomic E-state index is -3.99. The molecule has 0 saturated carbocycles. The van der Waals surface area contributed by atoms with E-state index >= 15 is 0 Å². The van der Waals surface area contributed by atoms with Crippen molar-refractivity contribution in [1.82, 2.24) is 0 Å². The van der Waals surface area contributed by atoms with Gasteiger partial charge in [-0.2, -0.15) is 8.42 Å². The monoisotopic (exact) mass is 247 g/mol. The number of aryl methyl sites for hydroxylation is 1. The molecule has 1 aromatic rings. The molecule has 16 heavy (non-hydrogen) atoms. The third-order valence-corrected chi connectivity index (χ3v) is 3.33. The Labute approximate surface area is 94.3 Å². The van der Waals surface area contributed by atoms with Crippen molar-refractivity contribution in [1.29, 1.82) is 0 Å². The van der Waals surface area contributed by atoms with E-state index in [2.05, 4.69) is 4.18 Å². The molecule has 1 rings (SSSR count). The van der Waals surface area contributed by atoms with E-state index in [9.17, 15) is 12.8 Å². The van der Waals surface area contributed by atoms with E-state index in [4.69, 9.17) is 5.73 Å². The lowest BCUT2D eigenvalue weighted by Crippen LogP contribution is -2.34. The van der Waals surface area contributed by atoms with E-state index in [0.717, 1.165) is 12.5 Å². The molecule has 90 valence electrons. The molecule has 0 aliphatic carbocycles. The average molecular weight is 247 g/mol. The highest BCUT2D eigenvalue weighted by Gasteiger charge is 2.22. The van der Waals surface area contributed by atoms with E-state index in [-0.39, 0.29) is 4.90 Å². The molecule has 0 heterocycles. The SMILES string of the molecule is Cc1ccc(S(=O)(=O)O[C@@H](N)[C@H](C)F)cc1. The quantitative estimate of drug-likeness (QED) is 0.644. The smallest absolute Gasteiger partial charge is 0.298 e. The van der Waals surface area contributed by atoms with E-state index < -0.39 is 22.5 Å². The van der Waals surface area contributed by atoms with Crippen LogP contribution in [-0.4, -0.2) is 20.8 Å². The second-order valence-electron chi connectivity index (χ2n) is 3.51. The number of rotatable bonds is 4. The molecular formula is C10H14FNO3S. The molecule has 0 aliphatic rings. The maximum absolute atomic E-state index is 12.7. The Morgan fingerprint density at radius 1 is 1.31 bits per heavy atom. The van der Waals surface area contributed by atoms with E-state index in [1.807, 2.05) is 6.92 Å². The third-order valence-electron chi connectivity index (χ3n) is 2.00. The van der Waals surface area contributed by atoms with Crippen LogP contribution in [0.4, 0.5) is 4.39 Å². The lowest BCUT2D eigenvalue weighted by Gasteiger charge is -2.13. The summed E-state index contributed by atoms with van der Waals surface area (Å²) in [6.07, 6.45) is -3.04. The normalized spacial score (nSPS) is 15.8. The molecular weight excluding hydrogens is 233 g/mol. The van der Waals surface area contributed by atoms with Gasteiger partial charge in [-0.05, 0) is 26.0 Å². The molecule has 0 bridgehead atoms. The Hall–Kier alpha value is -0.980. The Balaban J connectivity index is 2.90. The maximum atomic E-state index is 12.7. The van der Waals surface area contributed by atoms with Crippen LogP contribution in [0.15, 0.2) is 29.2 Å². The Morgan fingerprint density at radius 2 is 1.81 bits per heavy atom. The Kier molecular flexibility index (Phi) is 4.01. The lowest BCUT2D eigenvalue weighted by molar-refractivity contribution is 0.122. The highest BCUT2D eigenvalue weighted by molar-refractivity contribution is 7.86. The molecule has 2 N–H and O–H groups in total. The molecule has 0 aromatic heterocycles. The van der Waals surface area contributed by atoms with Crippen molar-refractivity contribution in [3.63, 3.8) is 0 Å². The van der Waals surface area contributed by atoms with Gasteiger partial charge in [-0.3, -0.25) is 0 Å². The first-order valence-corrected chi connectivity index (χ1v) is 6.13. The van der Waals surface area contributed by atoms with Gasteiger partial charge in [-0.1, -0.05) is 17.7 Å². The summed E-state index contributed by atoms with van der Waals surface area (Å²) in [5.41, 5.74) is 6.11. The van der Waals surface area contributed by atoms with Crippen molar-refractivity contribution in [2.75, 3.05) is 0 Å². The number of hydrogen-bond donors (Lipinski definition) is 1. The second-order valence-corrected chi connectivity index (χ2v) is 5.08. The van der Waals surface area contributed by atoms with E-state index in [1.165, 1.54) is 12.1 Å². The topological polar surface area (TPSA) is 69.4 Å². The van der Waals surface area contributed by atoms with Gasteiger partial charge in [0.1, 0.15) is 6.17 Å². The minimum Gasteiger partial charge on any atom is -0.302 e. The predicted octanol–water partition coefficient (Wildman–Crippen LogP) is 1.34. The standard InChI is InChI=1S/C10H14FNO3S/c1-7-3-5-9(6-4-7)16(13,14)15-10(12)8(2)11/h3-6,8,10H,12H2,1-2H3/t8-,10+/m0/s1. The molecule has 1 aromatic carbocycles. The summed E-state index contributed by atoms with van der Waals surface area (Å²) in [6, 6.07) is 6.03. The largest absolute Gasteiger partial charge is 0.302 e. The predicted molar refractivity (Wildman–Crippen MR) is 58.0 cm³/mol. The fraction of sp³-hybridized carbons (Fsp3) is 0.400. The van der Waals surface area contributed by atoms with E-state index in [1.54, 1.807) is 12.1 Å². The van der Waals surface area contributed by atoms with Gasteiger partial charge in [0.25, 0.3) is 10.1 Å². The average Bonchev–Trinajstić information content (AvgIpc) is 2.17. The van der Waals surface area contributed by atoms with Gasteiger partial charge in [0.05, 0.1) is 4.90 Å². The lowest BCUT2D eigenvalue weighted by atomic mass is 10.2. The first-order valence-electron chi connectivity index (χ1n) is 4.72. The van der Waals surface area contributed by atoms with Crippen LogP contribution in [0.1, 0.15) is 12.5 Å². The van der Waals surface area contributed by atoms with Gasteiger partial charge in [-0.25, -0.2) is 8.57 Å². The van der Waals surface area contributed by atoms with Crippen molar-refractivity contribution >= 4 is 10.1 Å². The molecule has 0 unspecified atom stereocenters. The van der Waals surface area contributed by atoms with Crippen LogP contribution >= 0.6 is 0 Å². The molecule has 0 saturated heterocycles. The molecule has 2 atom stereocenters. The molecule has 0 radical (unpaired) electrons. The fourth-order valence-electron chi connectivity index (χ4n) is 0.983. The van der Waals surface area contributed by atoms with Crippen molar-refractivity contribution in [2.45, 2.75) is 31.1 Å². The van der Waals surface area contributed by atoms with Gasteiger partial charge >= 0.3 is 0 Å². The molecule has 0 spiro atoms. The molecule has 6 heteroatoms. The fourth-order valence-corrected chi connectivity index (χ4v) is 2.01. The maximum Gasteiger partial charge on any atom is 0.298 e. The summed E-state index contributed by atoms with van der Waals surface area (Å²) < 4.78 is 40.4. The van der Waals surface area contributed by atoms with Crippen LogP contribution in [0.3, 0.4) is 0 Å². The van der Waals surface area contributed by atoms with Gasteiger partial charge in [0.15, 0.2) is 6.23 Å². The van der Waals surface area contributed by atoms with Crippen LogP contribution < -0.4 is 5.73 Å². The van der Waals surface area contributed by atoms with Crippen molar-refractivity contribution < 1.29 is 17.0 Å². The zero-order valence-electron chi connectivity index (χ0n) is 9.05. The molecule has 0 fully saturated rings. The van der Waals surface area contributed by atoms with Crippen LogP contribution in [0, 0.1) is 6.92 Å². The van der Waals surface area contributed by atoms with Crippen LogP contribution in [0.5, 0.6) is 0 Å². The van der Waals surface area contributed by atoms with Crippen LogP contribution in [0.25, 0.3) is 0 Å². The molecule has 0 aliphatic heterocycles. The zero-order chi connectivity index (χ0) is 12.3. The second kappa shape index (κ2) is 4.90. The molecule has 4 nitrogen and oxygen atoms in total. The van der Waals surface area contributed by atoms with Gasteiger partial charge in [0.2, 0.25) is 0 Å². The van der Waals surface area contributed by atoms with Gasteiger partial charge in [0, 0.05) is 0 Å². The van der Waals surface area contributed by atoms with Crippen LogP contribution in [-0.2, 0) is 14.3 Å². The summed E-state index contributed by atoms with van der Waals surface area (Å²) in [6.45, 7) is 2.96. The van der Waals surface area contributed by atoms with Crippen LogP contribution in [0.2, 0.25) is 0 Å². The third kappa shape index (κ3) is 3.26. The van der Waals surface area contributed by atoms with Gasteiger partial charge in [-0.15, -0.1) is 0 Å². The first-order chi connectivity index (χ1) is 7.33. The van der Waals surface area contributed by atoms with Crippen molar-refractivity contribution in [3.05, 3.63) is 29.8 Å². The van der Waals surface area contributed by atoms with E-state index in [0.29, 0.717) is 0 Å². The zero-order valence-corrected chi connectivity index (χ0v) is 9.87. The summed E-state index contributed by atoms with van der Waals surface area (Å²) >= 11 is 0. The Morgan fingerprint density at radius 3 is 2.25 bits per heavy atom. The summed E-state index contributed by atoms with van der Waals surface area (Å²) in [5, 5.41) is 0. The summed E-state index contributed by atoms with van der Waals surface area (Å²) in [7, 11) is -3.99. The Bertz CT molecular complexity index is 442. The highest BCUT2D eigenvalue weighted by Crippen LogP contribution is 2.15. The van der Waals surface area contributed by atoms with Crippen molar-refractivity contribution in [2.24, 2.45) is 5.73 Å². The molecule has 0 amide bonds. The summed E-state index contributed by atoms with van der Waals surface area (Å²) in [5.74, 6) is 0. The minimum absolute atomic E-state index is 0.0331. The number of nitrogens with two attached hydrogens (primary N) is 1. The number of halogens is 1. The van der Waals surface area contributed by atoms with Gasteiger partial charge < -0.3 is 5.73 Å². The number of benzene rings is 1. The number of alkyl halides is 1. The highest BCUT2D eigenvalue weighted by atomic mass is 32.2. The summed E-state index contributed by atoms with van der Waals surface area (Å²) in [4.78, 5) is -0.0331. The number of hydrogen-bond acceptors (Lipinski definition) is 4. The first kappa shape index (κ1) is 13.1.